The summed E-state index contributed by atoms with van der Waals surface area (Å²) in [4.78, 5) is 2.24. The van der Waals surface area contributed by atoms with Gasteiger partial charge in [0.25, 0.3) is 0 Å². The second-order valence-electron chi connectivity index (χ2n) is 4.78. The lowest BCUT2D eigenvalue weighted by molar-refractivity contribution is 0.490. The van der Waals surface area contributed by atoms with Crippen LogP contribution in [0.4, 0.5) is 5.69 Å². The molecule has 3 nitrogen and oxygen atoms in total. The number of hydrogen-bond donors (Lipinski definition) is 1. The Morgan fingerprint density at radius 3 is 2.53 bits per heavy atom. The molecule has 2 aromatic rings. The van der Waals surface area contributed by atoms with E-state index >= 15 is 0 Å². The first kappa shape index (κ1) is 13.7. The van der Waals surface area contributed by atoms with E-state index in [1.165, 1.54) is 16.8 Å². The molecule has 1 aromatic heterocycles. The molecular formula is C16H22N2O. The summed E-state index contributed by atoms with van der Waals surface area (Å²) in [5.74, 6) is 1.01. The molecule has 0 aliphatic carbocycles. The first-order chi connectivity index (χ1) is 9.24. The first-order valence-corrected chi connectivity index (χ1v) is 6.74. The van der Waals surface area contributed by atoms with Gasteiger partial charge in [-0.05, 0) is 37.2 Å². The number of anilines is 1. The van der Waals surface area contributed by atoms with E-state index in [4.69, 9.17) is 4.42 Å². The molecule has 0 saturated heterocycles. The first-order valence-electron chi connectivity index (χ1n) is 6.74. The Morgan fingerprint density at radius 1 is 1.16 bits per heavy atom. The van der Waals surface area contributed by atoms with Crippen LogP contribution in [0.5, 0.6) is 0 Å². The summed E-state index contributed by atoms with van der Waals surface area (Å²) >= 11 is 0. The minimum absolute atomic E-state index is 0.769. The molecule has 0 bridgehead atoms. The van der Waals surface area contributed by atoms with Gasteiger partial charge in [-0.1, -0.05) is 19.1 Å². The lowest BCUT2D eigenvalue weighted by Crippen LogP contribution is -2.17. The van der Waals surface area contributed by atoms with Gasteiger partial charge in [0, 0.05) is 24.8 Å². The van der Waals surface area contributed by atoms with Crippen molar-refractivity contribution in [3.8, 4) is 0 Å². The number of benzene rings is 1. The smallest absolute Gasteiger partial charge is 0.122 e. The zero-order valence-electron chi connectivity index (χ0n) is 11.9. The Morgan fingerprint density at radius 2 is 1.89 bits per heavy atom. The van der Waals surface area contributed by atoms with Gasteiger partial charge < -0.3 is 14.6 Å². The monoisotopic (exact) mass is 258 g/mol. The van der Waals surface area contributed by atoms with E-state index in [0.717, 1.165) is 25.3 Å². The third-order valence-electron chi connectivity index (χ3n) is 3.37. The predicted molar refractivity (Wildman–Crippen MR) is 79.4 cm³/mol. The molecule has 1 heterocycles. The zero-order chi connectivity index (χ0) is 13.7. The highest BCUT2D eigenvalue weighted by molar-refractivity contribution is 5.47. The fourth-order valence-corrected chi connectivity index (χ4v) is 2.16. The van der Waals surface area contributed by atoms with Gasteiger partial charge in [0.1, 0.15) is 5.76 Å². The lowest BCUT2D eigenvalue weighted by atomic mass is 10.1. The van der Waals surface area contributed by atoms with Gasteiger partial charge in [0.15, 0.2) is 0 Å². The highest BCUT2D eigenvalue weighted by Gasteiger charge is 2.08. The Hall–Kier alpha value is -1.74. The van der Waals surface area contributed by atoms with Crippen LogP contribution in [0, 0.1) is 0 Å². The summed E-state index contributed by atoms with van der Waals surface area (Å²) in [6.07, 6.45) is 2.84. The van der Waals surface area contributed by atoms with Crippen molar-refractivity contribution in [3.63, 3.8) is 0 Å². The molecule has 19 heavy (non-hydrogen) atoms. The summed E-state index contributed by atoms with van der Waals surface area (Å²) < 4.78 is 5.49. The molecule has 0 unspecified atom stereocenters. The molecule has 1 N–H and O–H groups in total. The molecule has 0 saturated carbocycles. The van der Waals surface area contributed by atoms with E-state index in [2.05, 4.69) is 48.5 Å². The van der Waals surface area contributed by atoms with Gasteiger partial charge >= 0.3 is 0 Å². The van der Waals surface area contributed by atoms with Gasteiger partial charge in [-0.2, -0.15) is 0 Å². The molecule has 0 fully saturated rings. The van der Waals surface area contributed by atoms with Crippen LogP contribution in [-0.2, 0) is 19.5 Å². The van der Waals surface area contributed by atoms with Crippen LogP contribution in [0.25, 0.3) is 0 Å². The lowest BCUT2D eigenvalue weighted by Gasteiger charge is -2.19. The maximum absolute atomic E-state index is 5.49. The molecule has 0 aliphatic heterocycles. The largest absolute Gasteiger partial charge is 0.468 e. The fraction of sp³-hybridized carbons (Fsp3) is 0.375. The average molecular weight is 258 g/mol. The number of furan rings is 1. The van der Waals surface area contributed by atoms with E-state index in [1.807, 2.05) is 13.1 Å². The highest BCUT2D eigenvalue weighted by atomic mass is 16.3. The molecule has 0 atom stereocenters. The molecule has 102 valence electrons. The van der Waals surface area contributed by atoms with Crippen LogP contribution in [0.3, 0.4) is 0 Å². The van der Waals surface area contributed by atoms with Crippen LogP contribution in [-0.4, -0.2) is 14.1 Å². The van der Waals surface area contributed by atoms with Gasteiger partial charge in [-0.15, -0.1) is 0 Å². The van der Waals surface area contributed by atoms with Crippen LogP contribution >= 0.6 is 0 Å². The molecule has 0 spiro atoms. The van der Waals surface area contributed by atoms with E-state index in [-0.39, 0.29) is 0 Å². The molecule has 0 aliphatic rings. The van der Waals surface area contributed by atoms with Gasteiger partial charge in [0.05, 0.1) is 12.8 Å². The second-order valence-corrected chi connectivity index (χ2v) is 4.78. The standard InChI is InChI=1S/C16H22N2O/c1-4-13-5-7-15(8-6-13)18(3)12-14-9-10-19-16(14)11-17-2/h5-10,17H,4,11-12H2,1-3H3. The van der Waals surface area contributed by atoms with Gasteiger partial charge in [0.2, 0.25) is 0 Å². The van der Waals surface area contributed by atoms with Crippen molar-refractivity contribution in [3.05, 3.63) is 53.5 Å². The second kappa shape index (κ2) is 6.43. The van der Waals surface area contributed by atoms with Crippen molar-refractivity contribution < 1.29 is 4.42 Å². The van der Waals surface area contributed by atoms with Crippen molar-refractivity contribution >= 4 is 5.69 Å². The molecule has 2 rings (SSSR count). The quantitative estimate of drug-likeness (QED) is 0.862. The number of hydrogen-bond acceptors (Lipinski definition) is 3. The van der Waals surface area contributed by atoms with Crippen molar-refractivity contribution in [2.45, 2.75) is 26.4 Å². The predicted octanol–water partition coefficient (Wildman–Crippen LogP) is 3.20. The third-order valence-corrected chi connectivity index (χ3v) is 3.37. The summed E-state index contributed by atoms with van der Waals surface area (Å²) in [5.41, 5.74) is 3.83. The van der Waals surface area contributed by atoms with Crippen molar-refractivity contribution in [1.29, 1.82) is 0 Å². The SMILES string of the molecule is CCc1ccc(N(C)Cc2ccoc2CNC)cc1. The molecule has 3 heteroatoms. The van der Waals surface area contributed by atoms with Crippen LogP contribution in [0.1, 0.15) is 23.8 Å². The Balaban J connectivity index is 2.06. The maximum Gasteiger partial charge on any atom is 0.122 e. The Labute approximate surface area is 115 Å². The van der Waals surface area contributed by atoms with Gasteiger partial charge in [-0.25, -0.2) is 0 Å². The normalized spacial score (nSPS) is 10.7. The van der Waals surface area contributed by atoms with Crippen molar-refractivity contribution in [1.82, 2.24) is 5.32 Å². The van der Waals surface area contributed by atoms with Crippen molar-refractivity contribution in [2.75, 3.05) is 19.0 Å². The number of aryl methyl sites for hydroxylation is 1. The van der Waals surface area contributed by atoms with E-state index in [9.17, 15) is 0 Å². The fourth-order valence-electron chi connectivity index (χ4n) is 2.16. The summed E-state index contributed by atoms with van der Waals surface area (Å²) in [6.45, 7) is 3.80. The van der Waals surface area contributed by atoms with E-state index in [1.54, 1.807) is 6.26 Å². The minimum atomic E-state index is 0.769. The summed E-state index contributed by atoms with van der Waals surface area (Å²) in [5, 5.41) is 3.13. The maximum atomic E-state index is 5.49. The molecule has 0 radical (unpaired) electrons. The van der Waals surface area contributed by atoms with E-state index in [0.29, 0.717) is 0 Å². The number of rotatable bonds is 6. The van der Waals surface area contributed by atoms with Crippen molar-refractivity contribution in [2.24, 2.45) is 0 Å². The Bertz CT molecular complexity index is 502. The average Bonchev–Trinajstić information content (AvgIpc) is 2.86. The van der Waals surface area contributed by atoms with E-state index < -0.39 is 0 Å². The summed E-state index contributed by atoms with van der Waals surface area (Å²) in [7, 11) is 4.04. The van der Waals surface area contributed by atoms with Crippen LogP contribution < -0.4 is 10.2 Å². The Kier molecular flexibility index (Phi) is 4.63. The molecule has 1 aromatic carbocycles. The van der Waals surface area contributed by atoms with Gasteiger partial charge in [-0.3, -0.25) is 0 Å². The molecular weight excluding hydrogens is 236 g/mol. The summed E-state index contributed by atoms with van der Waals surface area (Å²) in [6, 6.07) is 10.8. The third kappa shape index (κ3) is 3.38. The number of nitrogens with one attached hydrogen (secondary N) is 1. The molecule has 0 amide bonds. The topological polar surface area (TPSA) is 28.4 Å². The zero-order valence-corrected chi connectivity index (χ0v) is 11.9. The van der Waals surface area contributed by atoms with Crippen LogP contribution in [0.2, 0.25) is 0 Å². The minimum Gasteiger partial charge on any atom is -0.468 e. The highest BCUT2D eigenvalue weighted by Crippen LogP contribution is 2.19. The number of nitrogens with zero attached hydrogens (tertiary/aromatic N) is 1. The van der Waals surface area contributed by atoms with Crippen LogP contribution in [0.15, 0.2) is 41.0 Å².